The van der Waals surface area contributed by atoms with E-state index in [2.05, 4.69) is 18.0 Å². The lowest BCUT2D eigenvalue weighted by Gasteiger charge is -2.18. The fourth-order valence-electron chi connectivity index (χ4n) is 5.44. The summed E-state index contributed by atoms with van der Waals surface area (Å²) < 4.78 is 46.2. The number of likely N-dealkylation sites (N-methyl/N-ethyl adjacent to an activating group) is 1. The van der Waals surface area contributed by atoms with Crippen molar-refractivity contribution in [2.24, 2.45) is 7.05 Å². The average Bonchev–Trinajstić information content (AvgIpc) is 3.27. The monoisotopic (exact) mass is 578 g/mol. The molecule has 3 aromatic carbocycles. The van der Waals surface area contributed by atoms with Gasteiger partial charge in [0, 0.05) is 31.0 Å². The zero-order valence-electron chi connectivity index (χ0n) is 25.2. The van der Waals surface area contributed by atoms with E-state index in [0.717, 1.165) is 59.5 Å². The maximum Gasteiger partial charge on any atom is 0.222 e. The lowest BCUT2D eigenvalue weighted by molar-refractivity contribution is 0.264. The lowest BCUT2D eigenvalue weighted by atomic mass is 10.0. The molecule has 1 heterocycles. The van der Waals surface area contributed by atoms with Crippen LogP contribution in [-0.4, -0.2) is 58.8 Å². The summed E-state index contributed by atoms with van der Waals surface area (Å²) in [4.78, 5) is 2.55. The summed E-state index contributed by atoms with van der Waals surface area (Å²) in [6.45, 7) is 8.44. The van der Waals surface area contributed by atoms with Gasteiger partial charge in [0.25, 0.3) is 0 Å². The highest BCUT2D eigenvalue weighted by Crippen LogP contribution is 2.37. The zero-order valence-corrected chi connectivity index (χ0v) is 26.0. The lowest BCUT2D eigenvalue weighted by Crippen LogP contribution is -2.23. The van der Waals surface area contributed by atoms with Crippen LogP contribution in [0.4, 0.5) is 0 Å². The molecule has 4 aromatic rings. The van der Waals surface area contributed by atoms with E-state index >= 15 is 0 Å². The number of aromatic nitrogens is 1. The molecule has 41 heavy (non-hydrogen) atoms. The number of hydrogen-bond donors (Lipinski definition) is 0. The maximum absolute atomic E-state index is 13.8. The van der Waals surface area contributed by atoms with E-state index in [1.165, 1.54) is 5.56 Å². The molecule has 7 nitrogen and oxygen atoms in total. The Morgan fingerprint density at radius 3 is 2.32 bits per heavy atom. The molecule has 0 fully saturated rings. The van der Waals surface area contributed by atoms with Crippen molar-refractivity contribution in [3.8, 4) is 17.2 Å². The Hall–Kier alpha value is -3.49. The van der Waals surface area contributed by atoms with Crippen LogP contribution < -0.4 is 14.2 Å². The number of ether oxygens (including phenoxy) is 3. The van der Waals surface area contributed by atoms with Gasteiger partial charge in [0.1, 0.15) is 10.8 Å². The summed E-state index contributed by atoms with van der Waals surface area (Å²) in [6.07, 6.45) is 1.76. The molecule has 0 bridgehead atoms. The van der Waals surface area contributed by atoms with Crippen molar-refractivity contribution < 1.29 is 22.6 Å². The van der Waals surface area contributed by atoms with E-state index < -0.39 is 9.84 Å². The molecular weight excluding hydrogens is 536 g/mol. The molecule has 0 N–H and O–H groups in total. The van der Waals surface area contributed by atoms with Gasteiger partial charge in [-0.1, -0.05) is 38.1 Å². The summed E-state index contributed by atoms with van der Waals surface area (Å²) in [5, 5.41) is 1.33. The summed E-state index contributed by atoms with van der Waals surface area (Å²) in [5.41, 5.74) is 4.05. The molecule has 220 valence electrons. The Morgan fingerprint density at radius 2 is 1.66 bits per heavy atom. The first-order valence-electron chi connectivity index (χ1n) is 14.0. The number of benzene rings is 3. The normalized spacial score (nSPS) is 11.9. The second-order valence-corrected chi connectivity index (χ2v) is 12.7. The van der Waals surface area contributed by atoms with Crippen LogP contribution in [0.1, 0.15) is 42.9 Å². The molecule has 0 radical (unpaired) electrons. The second kappa shape index (κ2) is 13.0. The SMILES string of the molecule is COc1cc(CCN(C)CCCOc2ccc(S(=O)(=O)c3c(C(C)C)c4ccccc4n3C)cc2)cc(C)c1OC. The molecule has 0 atom stereocenters. The smallest absolute Gasteiger partial charge is 0.222 e. The molecule has 0 spiro atoms. The average molecular weight is 579 g/mol. The predicted octanol–water partition coefficient (Wildman–Crippen LogP) is 6.40. The topological polar surface area (TPSA) is 70.0 Å². The first kappa shape index (κ1) is 30.5. The second-order valence-electron chi connectivity index (χ2n) is 10.8. The molecule has 8 heteroatoms. The highest BCUT2D eigenvalue weighted by molar-refractivity contribution is 7.91. The van der Waals surface area contributed by atoms with E-state index in [0.29, 0.717) is 17.4 Å². The van der Waals surface area contributed by atoms with Gasteiger partial charge in [-0.15, -0.1) is 0 Å². The number of aryl methyl sites for hydroxylation is 2. The van der Waals surface area contributed by atoms with Gasteiger partial charge >= 0.3 is 0 Å². The fraction of sp³-hybridized carbons (Fsp3) is 0.394. The minimum atomic E-state index is -3.71. The van der Waals surface area contributed by atoms with Gasteiger partial charge < -0.3 is 23.7 Å². The van der Waals surface area contributed by atoms with Gasteiger partial charge in [0.15, 0.2) is 11.5 Å². The van der Waals surface area contributed by atoms with Crippen molar-refractivity contribution in [3.05, 3.63) is 77.4 Å². The van der Waals surface area contributed by atoms with Crippen molar-refractivity contribution in [2.45, 2.75) is 49.5 Å². The Labute approximate surface area is 244 Å². The van der Waals surface area contributed by atoms with Gasteiger partial charge in [0.05, 0.1) is 25.7 Å². The van der Waals surface area contributed by atoms with Gasteiger partial charge in [-0.3, -0.25) is 0 Å². The summed E-state index contributed by atoms with van der Waals surface area (Å²) in [7, 11) is 3.53. The first-order chi connectivity index (χ1) is 19.6. The van der Waals surface area contributed by atoms with Gasteiger partial charge in [-0.25, -0.2) is 8.42 Å². The molecule has 0 saturated carbocycles. The summed E-state index contributed by atoms with van der Waals surface area (Å²) in [5.74, 6) is 2.26. The fourth-order valence-corrected chi connectivity index (χ4v) is 7.25. The van der Waals surface area contributed by atoms with Crippen LogP contribution in [0.2, 0.25) is 0 Å². The molecule has 0 aliphatic carbocycles. The highest BCUT2D eigenvalue weighted by atomic mass is 32.2. The number of fused-ring (bicyclic) bond motifs is 1. The Kier molecular flexibility index (Phi) is 9.66. The molecule has 0 aliphatic rings. The summed E-state index contributed by atoms with van der Waals surface area (Å²) >= 11 is 0. The Bertz CT molecular complexity index is 1590. The predicted molar refractivity (Wildman–Crippen MR) is 164 cm³/mol. The largest absolute Gasteiger partial charge is 0.494 e. The number of nitrogens with zero attached hydrogens (tertiary/aromatic N) is 2. The summed E-state index contributed by atoms with van der Waals surface area (Å²) in [6, 6.07) is 18.8. The van der Waals surface area contributed by atoms with E-state index in [1.54, 1.807) is 43.1 Å². The zero-order chi connectivity index (χ0) is 29.7. The number of para-hydroxylation sites is 1. The molecule has 0 aliphatic heterocycles. The number of rotatable bonds is 13. The molecule has 1 aromatic heterocycles. The van der Waals surface area contributed by atoms with Crippen molar-refractivity contribution in [1.82, 2.24) is 9.47 Å². The first-order valence-corrected chi connectivity index (χ1v) is 15.5. The quantitative estimate of drug-likeness (QED) is 0.171. The standard InChI is InChI=1S/C33H42N2O5S/c1-23(2)31-28-11-8-9-12-29(28)35(5)33(31)41(36,37)27-15-13-26(14-16-27)40-20-10-18-34(4)19-17-25-21-24(3)32(39-7)30(22-25)38-6/h8-9,11-16,21-23H,10,17-20H2,1-7H3. The van der Waals surface area contributed by atoms with Crippen molar-refractivity contribution in [1.29, 1.82) is 0 Å². The van der Waals surface area contributed by atoms with Gasteiger partial charge in [-0.05, 0) is 85.8 Å². The third-order valence-electron chi connectivity index (χ3n) is 7.52. The van der Waals surface area contributed by atoms with Crippen LogP contribution in [0.3, 0.4) is 0 Å². The number of hydrogen-bond acceptors (Lipinski definition) is 6. The van der Waals surface area contributed by atoms with Crippen LogP contribution in [0.25, 0.3) is 10.9 Å². The number of methoxy groups -OCH3 is 2. The van der Waals surface area contributed by atoms with Crippen molar-refractivity contribution in [3.63, 3.8) is 0 Å². The van der Waals surface area contributed by atoms with Crippen LogP contribution >= 0.6 is 0 Å². The molecule has 0 amide bonds. The van der Waals surface area contributed by atoms with E-state index in [9.17, 15) is 8.42 Å². The third-order valence-corrected chi connectivity index (χ3v) is 9.41. The van der Waals surface area contributed by atoms with Crippen LogP contribution in [0.15, 0.2) is 70.6 Å². The van der Waals surface area contributed by atoms with E-state index in [-0.39, 0.29) is 10.8 Å². The van der Waals surface area contributed by atoms with Crippen LogP contribution in [0, 0.1) is 6.92 Å². The Morgan fingerprint density at radius 1 is 0.951 bits per heavy atom. The minimum absolute atomic E-state index is 0.0646. The third kappa shape index (κ3) is 6.54. The maximum atomic E-state index is 13.8. The van der Waals surface area contributed by atoms with Gasteiger partial charge in [-0.2, -0.15) is 0 Å². The molecule has 4 rings (SSSR count). The van der Waals surface area contributed by atoms with E-state index in [4.69, 9.17) is 14.2 Å². The van der Waals surface area contributed by atoms with E-state index in [1.807, 2.05) is 58.2 Å². The molecule has 0 saturated heterocycles. The highest BCUT2D eigenvalue weighted by Gasteiger charge is 2.29. The Balaban J connectivity index is 1.33. The van der Waals surface area contributed by atoms with Crippen molar-refractivity contribution >= 4 is 20.7 Å². The molecular formula is C33H42N2O5S. The minimum Gasteiger partial charge on any atom is -0.494 e. The van der Waals surface area contributed by atoms with Crippen LogP contribution in [-0.2, 0) is 23.3 Å². The van der Waals surface area contributed by atoms with Crippen molar-refractivity contribution in [2.75, 3.05) is 41.0 Å². The number of sulfone groups is 1. The van der Waals surface area contributed by atoms with Gasteiger partial charge in [0.2, 0.25) is 9.84 Å². The molecule has 0 unspecified atom stereocenters. The van der Waals surface area contributed by atoms with Crippen LogP contribution in [0.5, 0.6) is 17.2 Å².